The molecule has 0 bridgehead atoms. The average Bonchev–Trinajstić information content (AvgIpc) is 2.89. The third-order valence-corrected chi connectivity index (χ3v) is 4.11. The number of aromatic nitrogens is 3. The molecule has 94 valence electrons. The lowest BCUT2D eigenvalue weighted by Crippen LogP contribution is -2.20. The fourth-order valence-corrected chi connectivity index (χ4v) is 3.27. The molecule has 17 heavy (non-hydrogen) atoms. The van der Waals surface area contributed by atoms with Crippen molar-refractivity contribution in [3.8, 4) is 0 Å². The lowest BCUT2D eigenvalue weighted by atomic mass is 10.0. The van der Waals surface area contributed by atoms with Gasteiger partial charge in [-0.05, 0) is 18.1 Å². The van der Waals surface area contributed by atoms with Gasteiger partial charge in [-0.2, -0.15) is 16.9 Å². The van der Waals surface area contributed by atoms with E-state index < -0.39 is 0 Å². The standard InChI is InChI=1S/C12H19N3OS/c1-9(2)6-15-12(13-8-14-15)5-11(16)10-3-4-17-7-10/h8-10H,3-7H2,1-2H3. The summed E-state index contributed by atoms with van der Waals surface area (Å²) in [7, 11) is 0. The predicted molar refractivity (Wildman–Crippen MR) is 69.0 cm³/mol. The van der Waals surface area contributed by atoms with Gasteiger partial charge in [-0.15, -0.1) is 0 Å². The molecule has 1 aliphatic heterocycles. The zero-order chi connectivity index (χ0) is 12.3. The molecule has 0 radical (unpaired) electrons. The van der Waals surface area contributed by atoms with Crippen molar-refractivity contribution in [1.82, 2.24) is 14.8 Å². The first-order valence-corrected chi connectivity index (χ1v) is 7.29. The van der Waals surface area contributed by atoms with Crippen LogP contribution in [0.25, 0.3) is 0 Å². The third kappa shape index (κ3) is 3.31. The van der Waals surface area contributed by atoms with Gasteiger partial charge in [0.05, 0.1) is 6.42 Å². The Morgan fingerprint density at radius 1 is 1.65 bits per heavy atom. The Bertz CT molecular complexity index is 383. The highest BCUT2D eigenvalue weighted by Crippen LogP contribution is 2.25. The smallest absolute Gasteiger partial charge is 0.144 e. The van der Waals surface area contributed by atoms with Gasteiger partial charge in [0, 0.05) is 18.2 Å². The highest BCUT2D eigenvalue weighted by molar-refractivity contribution is 7.99. The number of carbonyl (C=O) groups is 1. The Kier molecular flexibility index (Phi) is 4.20. The Morgan fingerprint density at radius 3 is 3.12 bits per heavy atom. The molecule has 1 atom stereocenters. The van der Waals surface area contributed by atoms with Crippen LogP contribution in [-0.2, 0) is 17.8 Å². The van der Waals surface area contributed by atoms with Crippen molar-refractivity contribution in [3.05, 3.63) is 12.2 Å². The first kappa shape index (κ1) is 12.6. The summed E-state index contributed by atoms with van der Waals surface area (Å²) in [6.45, 7) is 5.11. The fraction of sp³-hybridized carbons (Fsp3) is 0.750. The molecule has 0 aromatic carbocycles. The van der Waals surface area contributed by atoms with Crippen molar-refractivity contribution in [2.24, 2.45) is 11.8 Å². The van der Waals surface area contributed by atoms with Crippen molar-refractivity contribution >= 4 is 17.5 Å². The number of hydrogen-bond donors (Lipinski definition) is 0. The van der Waals surface area contributed by atoms with E-state index in [1.165, 1.54) is 0 Å². The molecule has 0 aliphatic carbocycles. The Labute approximate surface area is 106 Å². The number of nitrogens with zero attached hydrogens (tertiary/aromatic N) is 3. The number of hydrogen-bond acceptors (Lipinski definition) is 4. The zero-order valence-electron chi connectivity index (χ0n) is 10.4. The molecule has 2 rings (SSSR count). The van der Waals surface area contributed by atoms with Crippen LogP contribution in [0.15, 0.2) is 6.33 Å². The second kappa shape index (κ2) is 5.67. The molecule has 1 aliphatic rings. The minimum absolute atomic E-state index is 0.240. The van der Waals surface area contributed by atoms with Crippen LogP contribution < -0.4 is 0 Å². The van der Waals surface area contributed by atoms with Crippen LogP contribution in [0.4, 0.5) is 0 Å². The highest BCUT2D eigenvalue weighted by atomic mass is 32.2. The summed E-state index contributed by atoms with van der Waals surface area (Å²) < 4.78 is 1.87. The summed E-state index contributed by atoms with van der Waals surface area (Å²) in [5, 5.41) is 4.18. The number of carbonyl (C=O) groups excluding carboxylic acids is 1. The Balaban J connectivity index is 1.97. The highest BCUT2D eigenvalue weighted by Gasteiger charge is 2.24. The maximum absolute atomic E-state index is 12.1. The predicted octanol–water partition coefficient (Wildman–Crippen LogP) is 1.80. The first-order chi connectivity index (χ1) is 8.16. The maximum Gasteiger partial charge on any atom is 0.144 e. The molecule has 0 N–H and O–H groups in total. The minimum atomic E-state index is 0.240. The quantitative estimate of drug-likeness (QED) is 0.803. The molecule has 0 amide bonds. The molecule has 0 saturated carbocycles. The van der Waals surface area contributed by atoms with E-state index >= 15 is 0 Å². The summed E-state index contributed by atoms with van der Waals surface area (Å²) in [5.41, 5.74) is 0. The van der Waals surface area contributed by atoms with E-state index in [1.54, 1.807) is 6.33 Å². The molecule has 2 heterocycles. The Hall–Kier alpha value is -0.840. The van der Waals surface area contributed by atoms with Crippen molar-refractivity contribution in [3.63, 3.8) is 0 Å². The van der Waals surface area contributed by atoms with Gasteiger partial charge in [-0.3, -0.25) is 4.79 Å². The summed E-state index contributed by atoms with van der Waals surface area (Å²) in [5.74, 6) is 4.01. The third-order valence-electron chi connectivity index (χ3n) is 2.95. The van der Waals surface area contributed by atoms with Gasteiger partial charge < -0.3 is 0 Å². The fourth-order valence-electron chi connectivity index (χ4n) is 2.01. The monoisotopic (exact) mass is 253 g/mol. The van der Waals surface area contributed by atoms with Crippen LogP contribution >= 0.6 is 11.8 Å². The average molecular weight is 253 g/mol. The molecule has 1 saturated heterocycles. The molecule has 0 spiro atoms. The molecule has 1 unspecified atom stereocenters. The van der Waals surface area contributed by atoms with E-state index in [1.807, 2.05) is 16.4 Å². The van der Waals surface area contributed by atoms with Crippen LogP contribution in [0.1, 0.15) is 26.1 Å². The van der Waals surface area contributed by atoms with Crippen molar-refractivity contribution in [2.75, 3.05) is 11.5 Å². The van der Waals surface area contributed by atoms with E-state index in [-0.39, 0.29) is 5.92 Å². The molecular formula is C12H19N3OS. The van der Waals surface area contributed by atoms with E-state index in [0.717, 1.165) is 30.3 Å². The first-order valence-electron chi connectivity index (χ1n) is 6.14. The summed E-state index contributed by atoms with van der Waals surface area (Å²) >= 11 is 1.87. The van der Waals surface area contributed by atoms with Crippen LogP contribution in [0, 0.1) is 11.8 Å². The lowest BCUT2D eigenvalue weighted by molar-refractivity contribution is -0.121. The molecule has 1 aromatic heterocycles. The van der Waals surface area contributed by atoms with Gasteiger partial charge in [-0.1, -0.05) is 13.8 Å². The van der Waals surface area contributed by atoms with Gasteiger partial charge in [-0.25, -0.2) is 9.67 Å². The van der Waals surface area contributed by atoms with Crippen molar-refractivity contribution in [2.45, 2.75) is 33.2 Å². The van der Waals surface area contributed by atoms with Crippen LogP contribution in [0.3, 0.4) is 0 Å². The van der Waals surface area contributed by atoms with E-state index in [9.17, 15) is 4.79 Å². The number of ketones is 1. The van der Waals surface area contributed by atoms with Crippen LogP contribution in [0.5, 0.6) is 0 Å². The summed E-state index contributed by atoms with van der Waals surface area (Å²) in [4.78, 5) is 16.3. The van der Waals surface area contributed by atoms with Crippen LogP contribution in [0.2, 0.25) is 0 Å². The second-order valence-electron chi connectivity index (χ2n) is 4.96. The van der Waals surface area contributed by atoms with E-state index in [4.69, 9.17) is 0 Å². The van der Waals surface area contributed by atoms with Gasteiger partial charge in [0.2, 0.25) is 0 Å². The van der Waals surface area contributed by atoms with Crippen molar-refractivity contribution in [1.29, 1.82) is 0 Å². The van der Waals surface area contributed by atoms with Crippen LogP contribution in [-0.4, -0.2) is 32.1 Å². The molecule has 4 nitrogen and oxygen atoms in total. The summed E-state index contributed by atoms with van der Waals surface area (Å²) in [6.07, 6.45) is 3.02. The second-order valence-corrected chi connectivity index (χ2v) is 6.11. The van der Waals surface area contributed by atoms with Gasteiger partial charge >= 0.3 is 0 Å². The normalized spacial score (nSPS) is 20.1. The number of Topliss-reactive ketones (excluding diaryl/α,β-unsaturated/α-hetero) is 1. The molecule has 1 aromatic rings. The number of thioether (sulfide) groups is 1. The topological polar surface area (TPSA) is 47.8 Å². The SMILES string of the molecule is CC(C)Cn1ncnc1CC(=O)C1CCSC1. The molecule has 1 fully saturated rings. The Morgan fingerprint density at radius 2 is 2.47 bits per heavy atom. The van der Waals surface area contributed by atoms with E-state index in [2.05, 4.69) is 23.9 Å². The van der Waals surface area contributed by atoms with Gasteiger partial charge in [0.25, 0.3) is 0 Å². The largest absolute Gasteiger partial charge is 0.299 e. The number of rotatable bonds is 5. The van der Waals surface area contributed by atoms with Gasteiger partial charge in [0.1, 0.15) is 17.9 Å². The molecule has 5 heteroatoms. The zero-order valence-corrected chi connectivity index (χ0v) is 11.2. The van der Waals surface area contributed by atoms with E-state index in [0.29, 0.717) is 18.1 Å². The van der Waals surface area contributed by atoms with Crippen molar-refractivity contribution < 1.29 is 4.79 Å². The lowest BCUT2D eigenvalue weighted by Gasteiger charge is -2.10. The summed E-state index contributed by atoms with van der Waals surface area (Å²) in [6, 6.07) is 0. The minimum Gasteiger partial charge on any atom is -0.299 e. The van der Waals surface area contributed by atoms with Gasteiger partial charge in [0.15, 0.2) is 0 Å². The molecular weight excluding hydrogens is 234 g/mol. The maximum atomic E-state index is 12.1.